The Morgan fingerprint density at radius 1 is 1.29 bits per heavy atom. The zero-order valence-corrected chi connectivity index (χ0v) is 13.0. The molecule has 1 amide bonds. The van der Waals surface area contributed by atoms with Crippen molar-refractivity contribution in [2.45, 2.75) is 26.2 Å². The Labute approximate surface area is 129 Å². The summed E-state index contributed by atoms with van der Waals surface area (Å²) in [6.45, 7) is 3.27. The van der Waals surface area contributed by atoms with Gasteiger partial charge in [0.2, 0.25) is 5.91 Å². The second-order valence-corrected chi connectivity index (χ2v) is 6.01. The minimum absolute atomic E-state index is 0.00370. The van der Waals surface area contributed by atoms with Gasteiger partial charge in [-0.1, -0.05) is 30.3 Å². The highest BCUT2D eigenvalue weighted by atomic mass is 32.1. The third-order valence-electron chi connectivity index (χ3n) is 2.94. The summed E-state index contributed by atoms with van der Waals surface area (Å²) in [5.41, 5.74) is 1.27. The van der Waals surface area contributed by atoms with Crippen molar-refractivity contribution in [1.29, 1.82) is 0 Å². The van der Waals surface area contributed by atoms with Gasteiger partial charge in [0.15, 0.2) is 5.13 Å². The van der Waals surface area contributed by atoms with Gasteiger partial charge in [-0.25, -0.2) is 4.98 Å². The van der Waals surface area contributed by atoms with Crippen LogP contribution in [-0.2, 0) is 16.0 Å². The molecule has 21 heavy (non-hydrogen) atoms. The zero-order chi connectivity index (χ0) is 14.9. The van der Waals surface area contributed by atoms with E-state index in [1.54, 1.807) is 6.20 Å². The minimum Gasteiger partial charge on any atom is -0.381 e. The van der Waals surface area contributed by atoms with E-state index in [4.69, 9.17) is 4.74 Å². The fraction of sp³-hybridized carbons (Fsp3) is 0.375. The Balaban J connectivity index is 1.52. The average Bonchev–Trinajstić information content (AvgIpc) is 2.89. The maximum Gasteiger partial charge on any atom is 0.226 e. The molecule has 0 aliphatic carbocycles. The predicted octanol–water partition coefficient (Wildman–Crippen LogP) is 3.43. The first kappa shape index (κ1) is 15.7. The average molecular weight is 304 g/mol. The Morgan fingerprint density at radius 2 is 2.10 bits per heavy atom. The summed E-state index contributed by atoms with van der Waals surface area (Å²) in [5.74, 6) is -0.00370. The summed E-state index contributed by atoms with van der Waals surface area (Å²) in [4.78, 5) is 16.9. The van der Waals surface area contributed by atoms with Crippen LogP contribution >= 0.6 is 11.3 Å². The summed E-state index contributed by atoms with van der Waals surface area (Å²) in [6.07, 6.45) is 3.85. The third-order valence-corrected chi connectivity index (χ3v) is 3.77. The molecular weight excluding hydrogens is 284 g/mol. The topological polar surface area (TPSA) is 51.2 Å². The lowest BCUT2D eigenvalue weighted by Crippen LogP contribution is -2.12. The molecule has 2 aromatic rings. The molecular formula is C16H20N2O2S. The van der Waals surface area contributed by atoms with Crippen molar-refractivity contribution >= 4 is 22.4 Å². The predicted molar refractivity (Wildman–Crippen MR) is 85.7 cm³/mol. The van der Waals surface area contributed by atoms with Gasteiger partial charge in [0.1, 0.15) is 0 Å². The molecule has 0 aliphatic heterocycles. The summed E-state index contributed by atoms with van der Waals surface area (Å²) in [7, 11) is 0. The Morgan fingerprint density at radius 3 is 2.81 bits per heavy atom. The van der Waals surface area contributed by atoms with Crippen LogP contribution in [0, 0.1) is 6.92 Å². The molecule has 0 aliphatic rings. The van der Waals surface area contributed by atoms with Gasteiger partial charge < -0.3 is 10.1 Å². The number of aromatic nitrogens is 1. The number of anilines is 1. The number of amides is 1. The maximum atomic E-state index is 11.7. The molecule has 0 saturated heterocycles. The standard InChI is InChI=1S/C16H20N2O2S/c1-13-12-17-16(21-13)18-15(19)8-5-10-20-11-9-14-6-3-2-4-7-14/h2-4,6-7,12H,5,8-11H2,1H3,(H,17,18,19). The molecule has 0 radical (unpaired) electrons. The SMILES string of the molecule is Cc1cnc(NC(=O)CCCOCCc2ccccc2)s1. The molecule has 0 saturated carbocycles. The molecule has 1 heterocycles. The van der Waals surface area contributed by atoms with Gasteiger partial charge in [-0.15, -0.1) is 11.3 Å². The van der Waals surface area contributed by atoms with Crippen molar-refractivity contribution in [2.24, 2.45) is 0 Å². The van der Waals surface area contributed by atoms with Crippen LogP contribution in [0.15, 0.2) is 36.5 Å². The minimum atomic E-state index is -0.00370. The van der Waals surface area contributed by atoms with Gasteiger partial charge in [0.05, 0.1) is 6.61 Å². The third kappa shape index (κ3) is 6.06. The first-order valence-corrected chi connectivity index (χ1v) is 7.89. The van der Waals surface area contributed by atoms with Gasteiger partial charge >= 0.3 is 0 Å². The molecule has 0 spiro atoms. The van der Waals surface area contributed by atoms with E-state index in [1.807, 2.05) is 25.1 Å². The Kier molecular flexibility index (Phi) is 6.37. The van der Waals surface area contributed by atoms with Gasteiger partial charge in [0.25, 0.3) is 0 Å². The van der Waals surface area contributed by atoms with E-state index < -0.39 is 0 Å². The quantitative estimate of drug-likeness (QED) is 0.760. The number of nitrogens with one attached hydrogen (secondary N) is 1. The number of carbonyl (C=O) groups excluding carboxylic acids is 1. The summed E-state index contributed by atoms with van der Waals surface area (Å²) in [5, 5.41) is 3.46. The normalized spacial score (nSPS) is 10.5. The van der Waals surface area contributed by atoms with Crippen LogP contribution in [0.25, 0.3) is 0 Å². The number of carbonyl (C=O) groups is 1. The van der Waals surface area contributed by atoms with Crippen LogP contribution in [0.1, 0.15) is 23.3 Å². The zero-order valence-electron chi connectivity index (χ0n) is 12.2. The molecule has 1 N–H and O–H groups in total. The van der Waals surface area contributed by atoms with E-state index in [1.165, 1.54) is 16.9 Å². The number of aryl methyl sites for hydroxylation is 1. The highest BCUT2D eigenvalue weighted by molar-refractivity contribution is 7.15. The largest absolute Gasteiger partial charge is 0.381 e. The fourth-order valence-electron chi connectivity index (χ4n) is 1.87. The van der Waals surface area contributed by atoms with Crippen molar-refractivity contribution < 1.29 is 9.53 Å². The van der Waals surface area contributed by atoms with Crippen LogP contribution < -0.4 is 5.32 Å². The van der Waals surface area contributed by atoms with Crippen LogP contribution in [0.4, 0.5) is 5.13 Å². The first-order valence-electron chi connectivity index (χ1n) is 7.08. The Bertz CT molecular complexity index is 554. The van der Waals surface area contributed by atoms with Gasteiger partial charge in [0, 0.05) is 24.1 Å². The molecule has 0 bridgehead atoms. The molecule has 1 aromatic heterocycles. The van der Waals surface area contributed by atoms with E-state index in [-0.39, 0.29) is 5.91 Å². The van der Waals surface area contributed by atoms with Gasteiger partial charge in [-0.3, -0.25) is 4.79 Å². The number of ether oxygens (including phenoxy) is 1. The summed E-state index contributed by atoms with van der Waals surface area (Å²) < 4.78 is 5.55. The van der Waals surface area contributed by atoms with Crippen molar-refractivity contribution in [1.82, 2.24) is 4.98 Å². The molecule has 5 heteroatoms. The van der Waals surface area contributed by atoms with Crippen molar-refractivity contribution in [3.63, 3.8) is 0 Å². The maximum absolute atomic E-state index is 11.7. The van der Waals surface area contributed by atoms with E-state index >= 15 is 0 Å². The van der Waals surface area contributed by atoms with Crippen molar-refractivity contribution in [2.75, 3.05) is 18.5 Å². The van der Waals surface area contributed by atoms with E-state index in [0.717, 1.165) is 17.7 Å². The van der Waals surface area contributed by atoms with E-state index in [2.05, 4.69) is 22.4 Å². The lowest BCUT2D eigenvalue weighted by Gasteiger charge is -2.04. The van der Waals surface area contributed by atoms with Gasteiger partial charge in [-0.05, 0) is 25.3 Å². The van der Waals surface area contributed by atoms with E-state index in [9.17, 15) is 4.79 Å². The summed E-state index contributed by atoms with van der Waals surface area (Å²) >= 11 is 1.49. The lowest BCUT2D eigenvalue weighted by molar-refractivity contribution is -0.116. The second-order valence-electron chi connectivity index (χ2n) is 4.78. The number of hydrogen-bond acceptors (Lipinski definition) is 4. The monoisotopic (exact) mass is 304 g/mol. The molecule has 0 fully saturated rings. The Hall–Kier alpha value is -1.72. The van der Waals surface area contributed by atoms with Crippen LogP contribution in [-0.4, -0.2) is 24.1 Å². The number of benzene rings is 1. The molecule has 2 rings (SSSR count). The van der Waals surface area contributed by atoms with Gasteiger partial charge in [-0.2, -0.15) is 0 Å². The van der Waals surface area contributed by atoms with E-state index in [0.29, 0.717) is 24.8 Å². The van der Waals surface area contributed by atoms with Crippen LogP contribution in [0.3, 0.4) is 0 Å². The van der Waals surface area contributed by atoms with Crippen LogP contribution in [0.2, 0.25) is 0 Å². The fourth-order valence-corrected chi connectivity index (χ4v) is 2.55. The molecule has 1 aromatic carbocycles. The molecule has 0 atom stereocenters. The van der Waals surface area contributed by atoms with Crippen molar-refractivity contribution in [3.8, 4) is 0 Å². The number of thiazole rings is 1. The molecule has 4 nitrogen and oxygen atoms in total. The lowest BCUT2D eigenvalue weighted by atomic mass is 10.2. The summed E-state index contributed by atoms with van der Waals surface area (Å²) in [6, 6.07) is 10.2. The van der Waals surface area contributed by atoms with Crippen LogP contribution in [0.5, 0.6) is 0 Å². The number of rotatable bonds is 8. The smallest absolute Gasteiger partial charge is 0.226 e. The number of nitrogens with zero attached hydrogens (tertiary/aromatic N) is 1. The highest BCUT2D eigenvalue weighted by Crippen LogP contribution is 2.16. The molecule has 0 unspecified atom stereocenters. The van der Waals surface area contributed by atoms with Crippen molar-refractivity contribution in [3.05, 3.63) is 47.0 Å². The first-order chi connectivity index (χ1) is 10.2. The number of hydrogen-bond donors (Lipinski definition) is 1. The highest BCUT2D eigenvalue weighted by Gasteiger charge is 2.04. The second kappa shape index (κ2) is 8.54. The molecule has 112 valence electrons.